The van der Waals surface area contributed by atoms with Gasteiger partial charge in [0, 0.05) is 0 Å². The van der Waals surface area contributed by atoms with Gasteiger partial charge in [-0.1, -0.05) is 44.0 Å². The van der Waals surface area contributed by atoms with Crippen LogP contribution < -0.4 is 5.32 Å². The Hall–Kier alpha value is -1.79. The number of nitrogens with one attached hydrogen (secondary N) is 1. The molecular weight excluding hydrogens is 250 g/mol. The van der Waals surface area contributed by atoms with E-state index in [0.29, 0.717) is 19.1 Å². The average molecular weight is 273 g/mol. The van der Waals surface area contributed by atoms with Crippen molar-refractivity contribution in [1.82, 2.24) is 5.32 Å². The van der Waals surface area contributed by atoms with Crippen LogP contribution in [0.15, 0.2) is 24.3 Å². The summed E-state index contributed by atoms with van der Waals surface area (Å²) in [6.07, 6.45) is 6.27. The first-order valence-corrected chi connectivity index (χ1v) is 7.00. The Labute approximate surface area is 121 Å². The van der Waals surface area contributed by atoms with Crippen molar-refractivity contribution >= 4 is 5.97 Å². The molecule has 0 aromatic heterocycles. The van der Waals surface area contributed by atoms with Crippen molar-refractivity contribution in [3.63, 3.8) is 0 Å². The van der Waals surface area contributed by atoms with Crippen LogP contribution in [0.25, 0.3) is 0 Å². The van der Waals surface area contributed by atoms with Crippen LogP contribution in [0.2, 0.25) is 0 Å². The van der Waals surface area contributed by atoms with Gasteiger partial charge in [-0.15, -0.1) is 6.42 Å². The minimum Gasteiger partial charge on any atom is -0.465 e. The predicted octanol–water partition coefficient (Wildman–Crippen LogP) is 2.71. The average Bonchev–Trinajstić information content (AvgIpc) is 2.40. The van der Waals surface area contributed by atoms with Gasteiger partial charge in [0.1, 0.15) is 6.04 Å². The molecule has 0 bridgehead atoms. The highest BCUT2D eigenvalue weighted by Crippen LogP contribution is 2.17. The molecule has 20 heavy (non-hydrogen) atoms. The molecule has 1 aromatic carbocycles. The molecule has 1 unspecified atom stereocenters. The van der Waals surface area contributed by atoms with Crippen LogP contribution in [0, 0.1) is 18.3 Å². The van der Waals surface area contributed by atoms with Crippen LogP contribution >= 0.6 is 0 Å². The number of hydrogen-bond donors (Lipinski definition) is 1. The topological polar surface area (TPSA) is 38.3 Å². The first-order chi connectivity index (χ1) is 9.58. The van der Waals surface area contributed by atoms with Gasteiger partial charge in [0.25, 0.3) is 0 Å². The van der Waals surface area contributed by atoms with Crippen LogP contribution in [0.3, 0.4) is 0 Å². The van der Waals surface area contributed by atoms with E-state index >= 15 is 0 Å². The first kappa shape index (κ1) is 16.3. The summed E-state index contributed by atoms with van der Waals surface area (Å²) in [5.41, 5.74) is 2.15. The molecule has 0 saturated carbocycles. The molecule has 0 aliphatic heterocycles. The van der Waals surface area contributed by atoms with Crippen LogP contribution in [0.5, 0.6) is 0 Å². The third-order valence-corrected chi connectivity index (χ3v) is 2.89. The van der Waals surface area contributed by atoms with Crippen molar-refractivity contribution in [2.24, 2.45) is 5.92 Å². The summed E-state index contributed by atoms with van der Waals surface area (Å²) >= 11 is 0. The van der Waals surface area contributed by atoms with Crippen molar-refractivity contribution in [3.05, 3.63) is 35.4 Å². The number of carbonyl (C=O) groups excluding carboxylic acids is 1. The zero-order chi connectivity index (χ0) is 15.0. The van der Waals surface area contributed by atoms with E-state index in [1.165, 1.54) is 5.56 Å². The Morgan fingerprint density at radius 3 is 2.50 bits per heavy atom. The summed E-state index contributed by atoms with van der Waals surface area (Å²) < 4.78 is 5.08. The molecule has 1 rings (SSSR count). The third kappa shape index (κ3) is 5.07. The van der Waals surface area contributed by atoms with Gasteiger partial charge >= 0.3 is 5.97 Å². The van der Waals surface area contributed by atoms with Gasteiger partial charge in [-0.2, -0.15) is 0 Å². The second kappa shape index (κ2) is 8.39. The SMILES string of the molecule is C#CCNC(C(=O)OCC)c1ccc(CC(C)C)cc1. The number of benzene rings is 1. The minimum absolute atomic E-state index is 0.292. The summed E-state index contributed by atoms with van der Waals surface area (Å²) in [4.78, 5) is 12.0. The van der Waals surface area contributed by atoms with E-state index in [2.05, 4.69) is 37.2 Å². The van der Waals surface area contributed by atoms with Crippen molar-refractivity contribution in [2.75, 3.05) is 13.2 Å². The molecule has 0 aliphatic carbocycles. The lowest BCUT2D eigenvalue weighted by molar-refractivity contribution is -0.145. The molecule has 3 heteroatoms. The maximum absolute atomic E-state index is 12.0. The molecule has 0 saturated heterocycles. The normalized spacial score (nSPS) is 11.9. The van der Waals surface area contributed by atoms with Crippen molar-refractivity contribution < 1.29 is 9.53 Å². The van der Waals surface area contributed by atoms with E-state index in [0.717, 1.165) is 12.0 Å². The van der Waals surface area contributed by atoms with Crippen LogP contribution in [0.4, 0.5) is 0 Å². The molecule has 0 amide bonds. The Morgan fingerprint density at radius 2 is 2.00 bits per heavy atom. The number of esters is 1. The maximum atomic E-state index is 12.0. The number of terminal acetylenes is 1. The number of carbonyl (C=O) groups is 1. The van der Waals surface area contributed by atoms with E-state index < -0.39 is 6.04 Å². The summed E-state index contributed by atoms with van der Waals surface area (Å²) in [6.45, 7) is 6.85. The fourth-order valence-electron chi connectivity index (χ4n) is 2.04. The van der Waals surface area contributed by atoms with Gasteiger partial charge in [0.2, 0.25) is 0 Å². The highest BCUT2D eigenvalue weighted by molar-refractivity contribution is 5.77. The van der Waals surface area contributed by atoms with E-state index in [9.17, 15) is 4.79 Å². The Morgan fingerprint density at radius 1 is 1.35 bits per heavy atom. The second-order valence-electron chi connectivity index (χ2n) is 5.11. The lowest BCUT2D eigenvalue weighted by atomic mass is 9.99. The van der Waals surface area contributed by atoms with E-state index in [1.807, 2.05) is 12.1 Å². The van der Waals surface area contributed by atoms with Crippen LogP contribution in [0.1, 0.15) is 37.9 Å². The molecule has 0 spiro atoms. The van der Waals surface area contributed by atoms with Gasteiger partial charge in [-0.05, 0) is 30.4 Å². The summed E-state index contributed by atoms with van der Waals surface area (Å²) in [5, 5.41) is 3.02. The fraction of sp³-hybridized carbons (Fsp3) is 0.471. The first-order valence-electron chi connectivity index (χ1n) is 7.00. The van der Waals surface area contributed by atoms with E-state index in [1.54, 1.807) is 6.92 Å². The molecule has 1 aromatic rings. The highest BCUT2D eigenvalue weighted by atomic mass is 16.5. The quantitative estimate of drug-likeness (QED) is 0.613. The molecule has 0 heterocycles. The van der Waals surface area contributed by atoms with Gasteiger partial charge in [0.15, 0.2) is 0 Å². The molecule has 0 aliphatic rings. The van der Waals surface area contributed by atoms with Gasteiger partial charge in [0.05, 0.1) is 13.2 Å². The molecule has 0 radical (unpaired) electrons. The van der Waals surface area contributed by atoms with Crippen molar-refractivity contribution in [3.8, 4) is 12.3 Å². The zero-order valence-electron chi connectivity index (χ0n) is 12.5. The Bertz CT molecular complexity index is 457. The third-order valence-electron chi connectivity index (χ3n) is 2.89. The zero-order valence-corrected chi connectivity index (χ0v) is 12.5. The standard InChI is InChI=1S/C17H23NO2/c1-5-11-18-16(17(19)20-6-2)15-9-7-14(8-10-15)12-13(3)4/h1,7-10,13,16,18H,6,11-12H2,2-4H3. The smallest absolute Gasteiger partial charge is 0.327 e. The Kier molecular flexibility index (Phi) is 6.83. The highest BCUT2D eigenvalue weighted by Gasteiger charge is 2.20. The summed E-state index contributed by atoms with van der Waals surface area (Å²) in [5.74, 6) is 2.80. The van der Waals surface area contributed by atoms with E-state index in [-0.39, 0.29) is 5.97 Å². The second-order valence-corrected chi connectivity index (χ2v) is 5.11. The number of rotatable bonds is 7. The summed E-state index contributed by atoms with van der Waals surface area (Å²) in [6, 6.07) is 7.53. The minimum atomic E-state index is -0.501. The van der Waals surface area contributed by atoms with Gasteiger partial charge in [-0.3, -0.25) is 5.32 Å². The number of ether oxygens (including phenoxy) is 1. The summed E-state index contributed by atoms with van der Waals surface area (Å²) in [7, 11) is 0. The van der Waals surface area contributed by atoms with Gasteiger partial charge < -0.3 is 4.74 Å². The largest absolute Gasteiger partial charge is 0.465 e. The van der Waals surface area contributed by atoms with E-state index in [4.69, 9.17) is 11.2 Å². The molecule has 1 atom stereocenters. The Balaban J connectivity index is 2.84. The lowest BCUT2D eigenvalue weighted by Gasteiger charge is -2.17. The fourth-order valence-corrected chi connectivity index (χ4v) is 2.04. The molecule has 108 valence electrons. The number of hydrogen-bond acceptors (Lipinski definition) is 3. The molecule has 1 N–H and O–H groups in total. The molecule has 0 fully saturated rings. The molecular formula is C17H23NO2. The van der Waals surface area contributed by atoms with Crippen molar-refractivity contribution in [1.29, 1.82) is 0 Å². The van der Waals surface area contributed by atoms with Gasteiger partial charge in [-0.25, -0.2) is 4.79 Å². The maximum Gasteiger partial charge on any atom is 0.327 e. The van der Waals surface area contributed by atoms with Crippen LogP contribution in [-0.4, -0.2) is 19.1 Å². The monoisotopic (exact) mass is 273 g/mol. The van der Waals surface area contributed by atoms with Crippen LogP contribution in [-0.2, 0) is 16.0 Å². The lowest BCUT2D eigenvalue weighted by Crippen LogP contribution is -2.30. The molecule has 3 nitrogen and oxygen atoms in total. The predicted molar refractivity (Wildman–Crippen MR) is 81.2 cm³/mol. The van der Waals surface area contributed by atoms with Crippen molar-refractivity contribution in [2.45, 2.75) is 33.2 Å².